The van der Waals surface area contributed by atoms with Gasteiger partial charge in [-0.05, 0) is 50.1 Å². The van der Waals surface area contributed by atoms with Crippen LogP contribution < -0.4 is 11.1 Å². The van der Waals surface area contributed by atoms with E-state index in [4.69, 9.17) is 5.73 Å². The summed E-state index contributed by atoms with van der Waals surface area (Å²) in [6.07, 6.45) is 0.374. The Kier molecular flexibility index (Phi) is 5.50. The largest absolute Gasteiger partial charge is 0.330 e. The zero-order valence-electron chi connectivity index (χ0n) is 11.3. The highest BCUT2D eigenvalue weighted by Gasteiger charge is 2.16. The molecule has 0 saturated carbocycles. The van der Waals surface area contributed by atoms with Crippen molar-refractivity contribution < 1.29 is 13.2 Å². The predicted molar refractivity (Wildman–Crippen MR) is 76.9 cm³/mol. The molecule has 0 aliphatic rings. The number of hydrogen-bond donors (Lipinski definition) is 2. The fourth-order valence-electron chi connectivity index (χ4n) is 1.59. The van der Waals surface area contributed by atoms with Crippen LogP contribution in [0.5, 0.6) is 0 Å². The lowest BCUT2D eigenvalue weighted by Gasteiger charge is -2.08. The number of carbonyl (C=O) groups is 1. The van der Waals surface area contributed by atoms with Crippen LogP contribution in [0.1, 0.15) is 17.5 Å². The average molecular weight is 284 g/mol. The number of amides is 1. The van der Waals surface area contributed by atoms with Crippen molar-refractivity contribution in [3.63, 3.8) is 0 Å². The number of anilines is 1. The smallest absolute Gasteiger partial charge is 0.239 e. The maximum absolute atomic E-state index is 11.7. The number of benzene rings is 1. The summed E-state index contributed by atoms with van der Waals surface area (Å²) < 4.78 is 23.2. The van der Waals surface area contributed by atoms with Crippen molar-refractivity contribution in [2.24, 2.45) is 5.73 Å². The highest BCUT2D eigenvalue weighted by molar-refractivity contribution is 7.92. The fraction of sp³-hybridized carbons (Fsp3) is 0.462. The van der Waals surface area contributed by atoms with Gasteiger partial charge < -0.3 is 11.1 Å². The van der Waals surface area contributed by atoms with Crippen LogP contribution in [0.3, 0.4) is 0 Å². The van der Waals surface area contributed by atoms with Gasteiger partial charge in [0.2, 0.25) is 5.91 Å². The van der Waals surface area contributed by atoms with Gasteiger partial charge in [-0.15, -0.1) is 0 Å². The minimum absolute atomic E-state index is 0.0517. The van der Waals surface area contributed by atoms with Gasteiger partial charge >= 0.3 is 0 Å². The number of carbonyl (C=O) groups excluding carboxylic acids is 1. The molecule has 0 aromatic heterocycles. The molecule has 3 N–H and O–H groups in total. The van der Waals surface area contributed by atoms with E-state index < -0.39 is 21.5 Å². The predicted octanol–water partition coefficient (Wildman–Crippen LogP) is 1.01. The first-order valence-electron chi connectivity index (χ1n) is 6.11. The maximum Gasteiger partial charge on any atom is 0.239 e. The highest BCUT2D eigenvalue weighted by Crippen LogP contribution is 2.14. The quantitative estimate of drug-likeness (QED) is 0.815. The van der Waals surface area contributed by atoms with Crippen molar-refractivity contribution in [3.05, 3.63) is 29.3 Å². The summed E-state index contributed by atoms with van der Waals surface area (Å²) in [7, 11) is -3.37. The van der Waals surface area contributed by atoms with Crippen LogP contribution in [-0.2, 0) is 14.6 Å². The molecule has 0 aliphatic carbocycles. The zero-order valence-corrected chi connectivity index (χ0v) is 12.1. The normalized spacial score (nSPS) is 11.3. The summed E-state index contributed by atoms with van der Waals surface area (Å²) in [4.78, 5) is 11.7. The van der Waals surface area contributed by atoms with Crippen LogP contribution in [0.2, 0.25) is 0 Å². The fourth-order valence-corrected chi connectivity index (χ4v) is 2.81. The van der Waals surface area contributed by atoms with E-state index in [2.05, 4.69) is 5.32 Å². The molecular weight excluding hydrogens is 264 g/mol. The molecule has 0 unspecified atom stereocenters. The van der Waals surface area contributed by atoms with E-state index in [9.17, 15) is 13.2 Å². The van der Waals surface area contributed by atoms with Gasteiger partial charge in [-0.25, -0.2) is 8.42 Å². The summed E-state index contributed by atoms with van der Waals surface area (Å²) in [5.74, 6) is -1.07. The third-order valence-corrected chi connectivity index (χ3v) is 4.41. The first-order valence-corrected chi connectivity index (χ1v) is 7.94. The molecule has 1 aromatic carbocycles. The van der Waals surface area contributed by atoms with Crippen molar-refractivity contribution in [2.45, 2.75) is 20.3 Å². The van der Waals surface area contributed by atoms with Crippen molar-refractivity contribution in [1.29, 1.82) is 0 Å². The summed E-state index contributed by atoms with van der Waals surface area (Å²) >= 11 is 0. The number of sulfone groups is 1. The van der Waals surface area contributed by atoms with Gasteiger partial charge in [-0.1, -0.05) is 6.07 Å². The lowest BCUT2D eigenvalue weighted by atomic mass is 10.1. The highest BCUT2D eigenvalue weighted by atomic mass is 32.2. The number of aryl methyl sites for hydroxylation is 2. The van der Waals surface area contributed by atoms with E-state index in [1.165, 1.54) is 0 Å². The molecule has 1 aromatic rings. The van der Waals surface area contributed by atoms with E-state index in [0.29, 0.717) is 18.7 Å². The molecule has 19 heavy (non-hydrogen) atoms. The van der Waals surface area contributed by atoms with Crippen LogP contribution in [0.4, 0.5) is 5.69 Å². The second-order valence-corrected chi connectivity index (χ2v) is 6.77. The molecule has 1 amide bonds. The van der Waals surface area contributed by atoms with Gasteiger partial charge in [0, 0.05) is 5.69 Å². The molecule has 0 aliphatic heterocycles. The Hall–Kier alpha value is -1.40. The van der Waals surface area contributed by atoms with Crippen molar-refractivity contribution in [1.82, 2.24) is 0 Å². The number of rotatable bonds is 6. The lowest BCUT2D eigenvalue weighted by molar-refractivity contribution is -0.113. The minimum Gasteiger partial charge on any atom is -0.330 e. The summed E-state index contributed by atoms with van der Waals surface area (Å²) in [6.45, 7) is 4.21. The molecule has 0 radical (unpaired) electrons. The average Bonchev–Trinajstić information content (AvgIpc) is 2.30. The van der Waals surface area contributed by atoms with Gasteiger partial charge in [-0.2, -0.15) is 0 Å². The molecular formula is C13H20N2O3S. The first-order chi connectivity index (χ1) is 8.84. The Morgan fingerprint density at radius 1 is 1.26 bits per heavy atom. The molecule has 0 atom stereocenters. The van der Waals surface area contributed by atoms with Gasteiger partial charge in [0.1, 0.15) is 5.75 Å². The summed E-state index contributed by atoms with van der Waals surface area (Å²) in [5.41, 5.74) is 8.03. The molecule has 5 nitrogen and oxygen atoms in total. The maximum atomic E-state index is 11.7. The Morgan fingerprint density at radius 2 is 1.95 bits per heavy atom. The summed E-state index contributed by atoms with van der Waals surface area (Å²) in [6, 6.07) is 5.46. The second-order valence-electron chi connectivity index (χ2n) is 4.58. The topological polar surface area (TPSA) is 89.3 Å². The zero-order chi connectivity index (χ0) is 14.5. The molecule has 0 spiro atoms. The van der Waals surface area contributed by atoms with Gasteiger partial charge in [-0.3, -0.25) is 4.79 Å². The lowest BCUT2D eigenvalue weighted by Crippen LogP contribution is -2.25. The number of hydrogen-bond acceptors (Lipinski definition) is 4. The van der Waals surface area contributed by atoms with Gasteiger partial charge in [0.15, 0.2) is 9.84 Å². The van der Waals surface area contributed by atoms with Crippen LogP contribution in [0.15, 0.2) is 18.2 Å². The SMILES string of the molecule is Cc1ccc(NC(=O)CS(=O)(=O)CCCN)cc1C. The molecule has 0 bridgehead atoms. The Labute approximate surface area is 114 Å². The van der Waals surface area contributed by atoms with Crippen LogP contribution in [0, 0.1) is 13.8 Å². The van der Waals surface area contributed by atoms with Crippen molar-refractivity contribution in [3.8, 4) is 0 Å². The minimum atomic E-state index is -3.37. The molecule has 0 heterocycles. The van der Waals surface area contributed by atoms with E-state index in [-0.39, 0.29) is 5.75 Å². The van der Waals surface area contributed by atoms with Crippen molar-refractivity contribution in [2.75, 3.05) is 23.4 Å². The Bertz CT molecular complexity index is 553. The standard InChI is InChI=1S/C13H20N2O3S/c1-10-4-5-12(8-11(10)2)15-13(16)9-19(17,18)7-3-6-14/h4-5,8H,3,6-7,9,14H2,1-2H3,(H,15,16). The van der Waals surface area contributed by atoms with E-state index in [1.807, 2.05) is 26.0 Å². The van der Waals surface area contributed by atoms with Crippen LogP contribution in [0.25, 0.3) is 0 Å². The molecule has 0 saturated heterocycles. The van der Waals surface area contributed by atoms with E-state index in [0.717, 1.165) is 11.1 Å². The second kappa shape index (κ2) is 6.68. The molecule has 106 valence electrons. The van der Waals surface area contributed by atoms with Crippen molar-refractivity contribution >= 4 is 21.4 Å². The third kappa shape index (κ3) is 5.40. The molecule has 0 fully saturated rings. The molecule has 6 heteroatoms. The number of nitrogens with one attached hydrogen (secondary N) is 1. The third-order valence-electron chi connectivity index (χ3n) is 2.80. The summed E-state index contributed by atoms with van der Waals surface area (Å²) in [5, 5.41) is 2.59. The number of nitrogens with two attached hydrogens (primary N) is 1. The van der Waals surface area contributed by atoms with Crippen LogP contribution in [-0.4, -0.2) is 32.4 Å². The van der Waals surface area contributed by atoms with Crippen LogP contribution >= 0.6 is 0 Å². The monoisotopic (exact) mass is 284 g/mol. The molecule has 1 rings (SSSR count). The Morgan fingerprint density at radius 3 is 2.53 bits per heavy atom. The first kappa shape index (κ1) is 15.7. The van der Waals surface area contributed by atoms with E-state index >= 15 is 0 Å². The van der Waals surface area contributed by atoms with Gasteiger partial charge in [0.05, 0.1) is 5.75 Å². The van der Waals surface area contributed by atoms with Gasteiger partial charge in [0.25, 0.3) is 0 Å². The van der Waals surface area contributed by atoms with E-state index in [1.54, 1.807) is 6.07 Å². The Balaban J connectivity index is 2.62.